The fraction of sp³-hybridized carbons (Fsp3) is 0.261. The Kier molecular flexibility index (Phi) is 5.18. The van der Waals surface area contributed by atoms with Crippen LogP contribution in [0.4, 0.5) is 0 Å². The van der Waals surface area contributed by atoms with E-state index in [0.29, 0.717) is 5.56 Å². The number of nitrogens with one attached hydrogen (secondary N) is 2. The van der Waals surface area contributed by atoms with Gasteiger partial charge in [0, 0.05) is 10.9 Å². The molecule has 0 saturated carbocycles. The molecule has 5 heteroatoms. The molecule has 2 aromatic carbocycles. The van der Waals surface area contributed by atoms with Gasteiger partial charge in [-0.25, -0.2) is 4.98 Å². The van der Waals surface area contributed by atoms with Crippen molar-refractivity contribution in [2.75, 3.05) is 0 Å². The zero-order chi connectivity index (χ0) is 20.5. The van der Waals surface area contributed by atoms with Crippen molar-refractivity contribution in [1.82, 2.24) is 10.3 Å². The van der Waals surface area contributed by atoms with Gasteiger partial charge in [-0.1, -0.05) is 76.2 Å². The monoisotopic (exact) mass is 374 g/mol. The standard InChI is InChI=1S/C23H26N4O/c1-14(23(2,3)4)18-19(21(28)27-22(24)25)16-12-8-9-13-17(16)26-20(18)15-10-6-5-7-11-15/h5-14H,1-4H3,(H4,24,25,27,28). The van der Waals surface area contributed by atoms with E-state index in [1.54, 1.807) is 0 Å². The first-order valence-electron chi connectivity index (χ1n) is 9.33. The zero-order valence-electron chi connectivity index (χ0n) is 16.7. The predicted molar refractivity (Wildman–Crippen MR) is 114 cm³/mol. The maximum Gasteiger partial charge on any atom is 0.258 e. The third-order valence-electron chi connectivity index (χ3n) is 5.18. The third-order valence-corrected chi connectivity index (χ3v) is 5.18. The Morgan fingerprint density at radius 2 is 1.68 bits per heavy atom. The molecule has 0 bridgehead atoms. The van der Waals surface area contributed by atoms with Crippen LogP contribution in [0.25, 0.3) is 22.2 Å². The fourth-order valence-corrected chi connectivity index (χ4v) is 3.33. The number of amides is 1. The SMILES string of the molecule is CC(c1c(-c2ccccc2)nc2ccccc2c1C(=O)NC(=N)N)C(C)(C)C. The van der Waals surface area contributed by atoms with Crippen molar-refractivity contribution in [2.24, 2.45) is 11.1 Å². The molecular weight excluding hydrogens is 348 g/mol. The summed E-state index contributed by atoms with van der Waals surface area (Å²) >= 11 is 0. The second-order valence-electron chi connectivity index (χ2n) is 8.09. The molecule has 144 valence electrons. The lowest BCUT2D eigenvalue weighted by atomic mass is 9.74. The second kappa shape index (κ2) is 7.43. The molecular formula is C23H26N4O. The van der Waals surface area contributed by atoms with Crippen LogP contribution in [-0.4, -0.2) is 16.9 Å². The molecule has 0 spiro atoms. The van der Waals surface area contributed by atoms with Gasteiger partial charge in [-0.15, -0.1) is 0 Å². The van der Waals surface area contributed by atoms with Crippen molar-refractivity contribution in [2.45, 2.75) is 33.6 Å². The Balaban J connectivity index is 2.44. The average Bonchev–Trinajstić information content (AvgIpc) is 2.65. The summed E-state index contributed by atoms with van der Waals surface area (Å²) in [6, 6.07) is 17.5. The van der Waals surface area contributed by atoms with Gasteiger partial charge in [-0.3, -0.25) is 15.5 Å². The molecule has 0 saturated heterocycles. The third kappa shape index (κ3) is 3.74. The van der Waals surface area contributed by atoms with Gasteiger partial charge in [0.2, 0.25) is 0 Å². The first kappa shape index (κ1) is 19.5. The van der Waals surface area contributed by atoms with Gasteiger partial charge in [0.25, 0.3) is 5.91 Å². The van der Waals surface area contributed by atoms with Gasteiger partial charge in [0.05, 0.1) is 16.8 Å². The molecule has 4 N–H and O–H groups in total. The van der Waals surface area contributed by atoms with Gasteiger partial charge >= 0.3 is 0 Å². The molecule has 3 aromatic rings. The van der Waals surface area contributed by atoms with Crippen molar-refractivity contribution in [3.63, 3.8) is 0 Å². The lowest BCUT2D eigenvalue weighted by molar-refractivity contribution is 0.0976. The highest BCUT2D eigenvalue weighted by Gasteiger charge is 2.31. The van der Waals surface area contributed by atoms with Crippen LogP contribution in [0.2, 0.25) is 0 Å². The molecule has 1 aromatic heterocycles. The Labute approximate surface area is 165 Å². The summed E-state index contributed by atoms with van der Waals surface area (Å²) < 4.78 is 0. The summed E-state index contributed by atoms with van der Waals surface area (Å²) in [5.74, 6) is -0.719. The van der Waals surface area contributed by atoms with Gasteiger partial charge in [-0.2, -0.15) is 0 Å². The number of para-hydroxylation sites is 1. The molecule has 0 aliphatic rings. The van der Waals surface area contributed by atoms with Gasteiger partial charge in [0.15, 0.2) is 5.96 Å². The van der Waals surface area contributed by atoms with Gasteiger partial charge < -0.3 is 5.73 Å². The maximum absolute atomic E-state index is 13.1. The molecule has 0 aliphatic carbocycles. The molecule has 3 rings (SSSR count). The van der Waals surface area contributed by atoms with Crippen molar-refractivity contribution in [3.8, 4) is 11.3 Å². The number of carbonyl (C=O) groups excluding carboxylic acids is 1. The summed E-state index contributed by atoms with van der Waals surface area (Å²) in [5, 5.41) is 10.8. The van der Waals surface area contributed by atoms with Crippen LogP contribution in [0.1, 0.15) is 49.5 Å². The molecule has 0 fully saturated rings. The number of benzene rings is 2. The highest BCUT2D eigenvalue weighted by Crippen LogP contribution is 2.42. The highest BCUT2D eigenvalue weighted by molar-refractivity contribution is 6.13. The van der Waals surface area contributed by atoms with E-state index in [9.17, 15) is 4.79 Å². The summed E-state index contributed by atoms with van der Waals surface area (Å²) in [6.07, 6.45) is 0. The Bertz CT molecular complexity index is 1040. The van der Waals surface area contributed by atoms with E-state index in [-0.39, 0.29) is 23.2 Å². The molecule has 1 unspecified atom stereocenters. The number of carbonyl (C=O) groups is 1. The first-order valence-corrected chi connectivity index (χ1v) is 9.33. The second-order valence-corrected chi connectivity index (χ2v) is 8.09. The Hall–Kier alpha value is -3.21. The highest BCUT2D eigenvalue weighted by atomic mass is 16.1. The van der Waals surface area contributed by atoms with Gasteiger partial charge in [0.1, 0.15) is 0 Å². The first-order chi connectivity index (χ1) is 13.2. The normalized spacial score (nSPS) is 12.6. The van der Waals surface area contributed by atoms with E-state index < -0.39 is 0 Å². The zero-order valence-corrected chi connectivity index (χ0v) is 16.7. The van der Waals surface area contributed by atoms with E-state index in [1.807, 2.05) is 54.6 Å². The predicted octanol–water partition coefficient (Wildman–Crippen LogP) is 4.67. The molecule has 5 nitrogen and oxygen atoms in total. The van der Waals surface area contributed by atoms with Crippen LogP contribution >= 0.6 is 0 Å². The van der Waals surface area contributed by atoms with Crippen molar-refractivity contribution in [1.29, 1.82) is 5.41 Å². The van der Waals surface area contributed by atoms with Crippen LogP contribution in [0.15, 0.2) is 54.6 Å². The average molecular weight is 374 g/mol. The fourth-order valence-electron chi connectivity index (χ4n) is 3.33. The summed E-state index contributed by atoms with van der Waals surface area (Å²) in [5.41, 5.74) is 9.25. The molecule has 0 aliphatic heterocycles. The van der Waals surface area contributed by atoms with E-state index >= 15 is 0 Å². The quantitative estimate of drug-likeness (QED) is 0.459. The van der Waals surface area contributed by atoms with E-state index in [2.05, 4.69) is 33.0 Å². The number of aromatic nitrogens is 1. The van der Waals surface area contributed by atoms with Crippen molar-refractivity contribution in [3.05, 3.63) is 65.7 Å². The molecule has 1 amide bonds. The minimum absolute atomic E-state index is 0.0347. The number of pyridine rings is 1. The minimum Gasteiger partial charge on any atom is -0.370 e. The van der Waals surface area contributed by atoms with Crippen LogP contribution in [0.3, 0.4) is 0 Å². The topological polar surface area (TPSA) is 91.9 Å². The number of hydrogen-bond acceptors (Lipinski definition) is 3. The molecule has 28 heavy (non-hydrogen) atoms. The number of fused-ring (bicyclic) bond motifs is 1. The largest absolute Gasteiger partial charge is 0.370 e. The number of guanidine groups is 1. The Morgan fingerprint density at radius 1 is 1.07 bits per heavy atom. The lowest BCUT2D eigenvalue weighted by Gasteiger charge is -2.31. The summed E-state index contributed by atoms with van der Waals surface area (Å²) in [6.45, 7) is 8.56. The van der Waals surface area contributed by atoms with Crippen LogP contribution in [0, 0.1) is 10.8 Å². The molecule has 0 radical (unpaired) electrons. The molecule has 1 heterocycles. The molecule has 1 atom stereocenters. The summed E-state index contributed by atoms with van der Waals surface area (Å²) in [4.78, 5) is 18.1. The summed E-state index contributed by atoms with van der Waals surface area (Å²) in [7, 11) is 0. The van der Waals surface area contributed by atoms with E-state index in [1.165, 1.54) is 0 Å². The maximum atomic E-state index is 13.1. The number of nitrogens with zero attached hydrogens (tertiary/aromatic N) is 1. The van der Waals surface area contributed by atoms with E-state index in [0.717, 1.165) is 27.7 Å². The lowest BCUT2D eigenvalue weighted by Crippen LogP contribution is -2.37. The smallest absolute Gasteiger partial charge is 0.258 e. The van der Waals surface area contributed by atoms with E-state index in [4.69, 9.17) is 16.1 Å². The van der Waals surface area contributed by atoms with Crippen LogP contribution < -0.4 is 11.1 Å². The number of hydrogen-bond donors (Lipinski definition) is 3. The van der Waals surface area contributed by atoms with Crippen molar-refractivity contribution < 1.29 is 4.79 Å². The number of rotatable bonds is 3. The van der Waals surface area contributed by atoms with Crippen LogP contribution in [-0.2, 0) is 0 Å². The van der Waals surface area contributed by atoms with Crippen LogP contribution in [0.5, 0.6) is 0 Å². The Morgan fingerprint density at radius 3 is 2.29 bits per heavy atom. The van der Waals surface area contributed by atoms with Crippen molar-refractivity contribution >= 4 is 22.8 Å². The van der Waals surface area contributed by atoms with Gasteiger partial charge in [-0.05, 0) is 23.0 Å². The number of nitrogens with two attached hydrogens (primary N) is 1. The minimum atomic E-state index is -0.380.